The normalized spacial score (nSPS) is 17.5. The van der Waals surface area contributed by atoms with Gasteiger partial charge in [-0.2, -0.15) is 0 Å². The smallest absolute Gasteiger partial charge is 0.191 e. The Morgan fingerprint density at radius 3 is 2.58 bits per heavy atom. The van der Waals surface area contributed by atoms with E-state index in [1.807, 2.05) is 13.8 Å². The van der Waals surface area contributed by atoms with Crippen LogP contribution in [0.4, 0.5) is 0 Å². The molecule has 1 aliphatic rings. The van der Waals surface area contributed by atoms with Gasteiger partial charge >= 0.3 is 0 Å². The van der Waals surface area contributed by atoms with Crippen molar-refractivity contribution in [1.82, 2.24) is 20.7 Å². The quantitative estimate of drug-likeness (QED) is 0.617. The number of nitrogens with one attached hydrogen (secondary N) is 2. The molecule has 1 aromatic rings. The van der Waals surface area contributed by atoms with Crippen LogP contribution in [0.1, 0.15) is 50.6 Å². The summed E-state index contributed by atoms with van der Waals surface area (Å²) < 4.78 is 5.22. The van der Waals surface area contributed by atoms with Crippen LogP contribution in [-0.4, -0.2) is 54.3 Å². The van der Waals surface area contributed by atoms with Crippen LogP contribution < -0.4 is 10.6 Å². The average molecular weight is 335 g/mol. The van der Waals surface area contributed by atoms with E-state index in [-0.39, 0.29) is 0 Å². The van der Waals surface area contributed by atoms with Crippen LogP contribution in [0.5, 0.6) is 0 Å². The highest BCUT2D eigenvalue weighted by Gasteiger charge is 2.21. The number of aliphatic imine (C=N–C) groups is 1. The van der Waals surface area contributed by atoms with Crippen LogP contribution in [0.2, 0.25) is 0 Å². The molecule has 1 fully saturated rings. The van der Waals surface area contributed by atoms with Gasteiger partial charge < -0.3 is 20.1 Å². The largest absolute Gasteiger partial charge is 0.361 e. The number of likely N-dealkylation sites (tertiary alicyclic amines) is 1. The van der Waals surface area contributed by atoms with E-state index < -0.39 is 0 Å². The lowest BCUT2D eigenvalue weighted by Gasteiger charge is -2.35. The first-order chi connectivity index (χ1) is 11.5. The van der Waals surface area contributed by atoms with Crippen LogP contribution in [0, 0.1) is 13.8 Å². The van der Waals surface area contributed by atoms with E-state index in [2.05, 4.69) is 41.5 Å². The van der Waals surface area contributed by atoms with Crippen LogP contribution in [-0.2, 0) is 6.42 Å². The fourth-order valence-corrected chi connectivity index (χ4v) is 3.21. The zero-order valence-corrected chi connectivity index (χ0v) is 15.9. The Hall–Kier alpha value is -1.56. The highest BCUT2D eigenvalue weighted by molar-refractivity contribution is 5.80. The Morgan fingerprint density at radius 1 is 1.33 bits per heavy atom. The highest BCUT2D eigenvalue weighted by Crippen LogP contribution is 2.14. The standard InChI is InChI=1S/C18H33N5O/c1-6-19-18(20-10-7-17-14(4)22-24-15(17)5)21-16-8-11-23(12-9-16)13(2)3/h13,16H,6-12H2,1-5H3,(H2,19,20,21). The second-order valence-corrected chi connectivity index (χ2v) is 6.86. The minimum Gasteiger partial charge on any atom is -0.361 e. The van der Waals surface area contributed by atoms with Gasteiger partial charge in [0, 0.05) is 43.8 Å². The minimum absolute atomic E-state index is 0.511. The van der Waals surface area contributed by atoms with Gasteiger partial charge in [-0.15, -0.1) is 0 Å². The maximum absolute atomic E-state index is 5.22. The van der Waals surface area contributed by atoms with Crippen molar-refractivity contribution >= 4 is 5.96 Å². The second-order valence-electron chi connectivity index (χ2n) is 6.86. The summed E-state index contributed by atoms with van der Waals surface area (Å²) in [5, 5.41) is 11.0. The van der Waals surface area contributed by atoms with Crippen molar-refractivity contribution in [1.29, 1.82) is 0 Å². The van der Waals surface area contributed by atoms with E-state index >= 15 is 0 Å². The van der Waals surface area contributed by atoms with Crippen molar-refractivity contribution in [3.05, 3.63) is 17.0 Å². The van der Waals surface area contributed by atoms with Gasteiger partial charge in [0.2, 0.25) is 0 Å². The fraction of sp³-hybridized carbons (Fsp3) is 0.778. The first kappa shape index (κ1) is 18.8. The third-order valence-electron chi connectivity index (χ3n) is 4.76. The highest BCUT2D eigenvalue weighted by atomic mass is 16.5. The summed E-state index contributed by atoms with van der Waals surface area (Å²) in [5.41, 5.74) is 2.15. The molecular weight excluding hydrogens is 302 g/mol. The fourth-order valence-electron chi connectivity index (χ4n) is 3.21. The molecule has 0 atom stereocenters. The summed E-state index contributed by atoms with van der Waals surface area (Å²) in [5.74, 6) is 1.83. The molecule has 0 radical (unpaired) electrons. The molecule has 0 unspecified atom stereocenters. The van der Waals surface area contributed by atoms with Gasteiger partial charge in [-0.1, -0.05) is 5.16 Å². The summed E-state index contributed by atoms with van der Waals surface area (Å²) >= 11 is 0. The molecule has 136 valence electrons. The molecule has 0 bridgehead atoms. The molecule has 0 spiro atoms. The summed E-state index contributed by atoms with van der Waals surface area (Å²) in [7, 11) is 0. The number of rotatable bonds is 6. The van der Waals surface area contributed by atoms with Crippen LogP contribution in [0.25, 0.3) is 0 Å². The van der Waals surface area contributed by atoms with Gasteiger partial charge in [-0.05, 0) is 53.9 Å². The van der Waals surface area contributed by atoms with Crippen LogP contribution in [0.3, 0.4) is 0 Å². The number of guanidine groups is 1. The third-order valence-corrected chi connectivity index (χ3v) is 4.76. The third kappa shape index (κ3) is 5.23. The van der Waals surface area contributed by atoms with Crippen molar-refractivity contribution in [3.8, 4) is 0 Å². The van der Waals surface area contributed by atoms with E-state index in [0.717, 1.165) is 50.0 Å². The van der Waals surface area contributed by atoms with Gasteiger partial charge in [0.15, 0.2) is 5.96 Å². The van der Waals surface area contributed by atoms with Gasteiger partial charge in [0.1, 0.15) is 5.76 Å². The molecule has 2 N–H and O–H groups in total. The lowest BCUT2D eigenvalue weighted by atomic mass is 10.0. The average Bonchev–Trinajstić information content (AvgIpc) is 2.87. The molecule has 2 heterocycles. The lowest BCUT2D eigenvalue weighted by molar-refractivity contribution is 0.167. The molecule has 1 aliphatic heterocycles. The van der Waals surface area contributed by atoms with Crippen molar-refractivity contribution < 1.29 is 4.52 Å². The van der Waals surface area contributed by atoms with E-state index in [1.54, 1.807) is 0 Å². The van der Waals surface area contributed by atoms with Crippen molar-refractivity contribution in [3.63, 3.8) is 0 Å². The van der Waals surface area contributed by atoms with Gasteiger partial charge in [0.25, 0.3) is 0 Å². The zero-order chi connectivity index (χ0) is 17.5. The molecule has 2 rings (SSSR count). The zero-order valence-electron chi connectivity index (χ0n) is 15.9. The molecular formula is C18H33N5O. The van der Waals surface area contributed by atoms with E-state index in [0.29, 0.717) is 12.1 Å². The summed E-state index contributed by atoms with van der Waals surface area (Å²) in [6.07, 6.45) is 3.21. The molecule has 1 saturated heterocycles. The number of nitrogens with zero attached hydrogens (tertiary/aromatic N) is 3. The molecule has 0 saturated carbocycles. The topological polar surface area (TPSA) is 65.7 Å². The van der Waals surface area contributed by atoms with Crippen molar-refractivity contribution in [2.45, 2.75) is 66.0 Å². The van der Waals surface area contributed by atoms with Crippen LogP contribution >= 0.6 is 0 Å². The Balaban J connectivity index is 1.85. The van der Waals surface area contributed by atoms with Gasteiger partial charge in [0.05, 0.1) is 5.69 Å². The number of aryl methyl sites for hydroxylation is 2. The Bertz CT molecular complexity index is 510. The predicted molar refractivity (Wildman–Crippen MR) is 98.5 cm³/mol. The molecule has 6 heteroatoms. The van der Waals surface area contributed by atoms with E-state index in [1.165, 1.54) is 18.4 Å². The number of hydrogen-bond acceptors (Lipinski definition) is 4. The molecule has 1 aromatic heterocycles. The summed E-state index contributed by atoms with van der Waals surface area (Å²) in [4.78, 5) is 7.27. The first-order valence-corrected chi connectivity index (χ1v) is 9.21. The summed E-state index contributed by atoms with van der Waals surface area (Å²) in [6, 6.07) is 1.15. The van der Waals surface area contributed by atoms with Crippen molar-refractivity contribution in [2.75, 3.05) is 26.2 Å². The SMILES string of the molecule is CCNC(=NCCc1c(C)noc1C)NC1CCN(C(C)C)CC1. The number of piperidine rings is 1. The maximum Gasteiger partial charge on any atom is 0.191 e. The monoisotopic (exact) mass is 335 g/mol. The van der Waals surface area contributed by atoms with E-state index in [9.17, 15) is 0 Å². The predicted octanol–water partition coefficient (Wildman–Crippen LogP) is 2.26. The van der Waals surface area contributed by atoms with Gasteiger partial charge in [-0.3, -0.25) is 4.99 Å². The van der Waals surface area contributed by atoms with Gasteiger partial charge in [-0.25, -0.2) is 0 Å². The molecule has 0 amide bonds. The molecule has 6 nitrogen and oxygen atoms in total. The second kappa shape index (κ2) is 9.06. The summed E-state index contributed by atoms with van der Waals surface area (Å²) in [6.45, 7) is 14.5. The van der Waals surface area contributed by atoms with Crippen LogP contribution in [0.15, 0.2) is 9.52 Å². The maximum atomic E-state index is 5.22. The molecule has 24 heavy (non-hydrogen) atoms. The number of aromatic nitrogens is 1. The van der Waals surface area contributed by atoms with E-state index in [4.69, 9.17) is 9.52 Å². The Morgan fingerprint density at radius 2 is 2.04 bits per heavy atom. The first-order valence-electron chi connectivity index (χ1n) is 9.21. The lowest BCUT2D eigenvalue weighted by Crippen LogP contribution is -2.49. The molecule has 0 aliphatic carbocycles. The number of hydrogen-bond donors (Lipinski definition) is 2. The Kier molecular flexibility index (Phi) is 7.09. The van der Waals surface area contributed by atoms with Crippen molar-refractivity contribution in [2.24, 2.45) is 4.99 Å². The Labute approximate surface area is 146 Å². The minimum atomic E-state index is 0.511. The molecule has 0 aromatic carbocycles.